The summed E-state index contributed by atoms with van der Waals surface area (Å²) in [7, 11) is 0. The first kappa shape index (κ1) is 15.6. The molecular weight excluding hydrogens is 314 g/mol. The molecule has 23 heavy (non-hydrogen) atoms. The Hall–Kier alpha value is -2.25. The number of aliphatic hydroxyl groups is 1. The van der Waals surface area contributed by atoms with E-state index in [1.807, 2.05) is 30.3 Å². The van der Waals surface area contributed by atoms with Crippen LogP contribution in [0.25, 0.3) is 0 Å². The van der Waals surface area contributed by atoms with Crippen LogP contribution >= 0.6 is 11.3 Å². The fourth-order valence-electron chi connectivity index (χ4n) is 2.50. The Bertz CT molecular complexity index is 684. The number of amides is 2. The molecule has 1 aromatic carbocycles. The number of benzene rings is 1. The molecule has 2 aromatic rings. The van der Waals surface area contributed by atoms with Gasteiger partial charge in [0.25, 0.3) is 5.91 Å². The molecule has 3 rings (SSSR count). The zero-order chi connectivity index (χ0) is 16.3. The molecule has 3 N–H and O–H groups in total. The zero-order valence-electron chi connectivity index (χ0n) is 12.4. The highest BCUT2D eigenvalue weighted by molar-refractivity contribution is 7.13. The van der Waals surface area contributed by atoms with Gasteiger partial charge in [0.1, 0.15) is 6.04 Å². The van der Waals surface area contributed by atoms with E-state index in [0.717, 1.165) is 18.4 Å². The Morgan fingerprint density at radius 2 is 2.04 bits per heavy atom. The van der Waals surface area contributed by atoms with E-state index in [4.69, 9.17) is 0 Å². The monoisotopic (exact) mass is 331 g/mol. The zero-order valence-corrected chi connectivity index (χ0v) is 13.2. The van der Waals surface area contributed by atoms with E-state index in [0.29, 0.717) is 5.13 Å². The van der Waals surface area contributed by atoms with Gasteiger partial charge in [-0.3, -0.25) is 9.59 Å². The second-order valence-corrected chi connectivity index (χ2v) is 6.38. The lowest BCUT2D eigenvalue weighted by Crippen LogP contribution is -2.49. The molecule has 120 valence electrons. The summed E-state index contributed by atoms with van der Waals surface area (Å²) in [4.78, 5) is 28.7. The summed E-state index contributed by atoms with van der Waals surface area (Å²) in [5, 5.41) is 16.8. The number of anilines is 1. The van der Waals surface area contributed by atoms with Crippen molar-refractivity contribution >= 4 is 28.3 Å². The van der Waals surface area contributed by atoms with E-state index in [1.54, 1.807) is 11.6 Å². The molecule has 0 spiro atoms. The average Bonchev–Trinajstić information content (AvgIpc) is 3.24. The van der Waals surface area contributed by atoms with Gasteiger partial charge in [-0.2, -0.15) is 0 Å². The van der Waals surface area contributed by atoms with Crippen molar-refractivity contribution in [2.24, 2.45) is 0 Å². The van der Waals surface area contributed by atoms with E-state index < -0.39 is 24.0 Å². The quantitative estimate of drug-likeness (QED) is 0.744. The Labute approximate surface area is 137 Å². The van der Waals surface area contributed by atoms with E-state index in [-0.39, 0.29) is 5.91 Å². The van der Waals surface area contributed by atoms with Crippen LogP contribution in [0.15, 0.2) is 41.9 Å². The minimum Gasteiger partial charge on any atom is -0.394 e. The Kier molecular flexibility index (Phi) is 4.40. The van der Waals surface area contributed by atoms with Gasteiger partial charge in [-0.05, 0) is 18.4 Å². The highest BCUT2D eigenvalue weighted by atomic mass is 32.1. The van der Waals surface area contributed by atoms with Gasteiger partial charge >= 0.3 is 0 Å². The van der Waals surface area contributed by atoms with Crippen molar-refractivity contribution in [1.82, 2.24) is 10.3 Å². The van der Waals surface area contributed by atoms with E-state index in [9.17, 15) is 14.7 Å². The molecule has 1 atom stereocenters. The van der Waals surface area contributed by atoms with Crippen LogP contribution in [0.5, 0.6) is 0 Å². The summed E-state index contributed by atoms with van der Waals surface area (Å²) >= 11 is 1.28. The number of thiazole rings is 1. The van der Waals surface area contributed by atoms with Gasteiger partial charge in [0.05, 0.1) is 12.0 Å². The fourth-order valence-corrected chi connectivity index (χ4v) is 3.03. The van der Waals surface area contributed by atoms with Gasteiger partial charge in [0.15, 0.2) is 5.13 Å². The third kappa shape index (κ3) is 3.25. The standard InChI is InChI=1S/C16H17N3O3S/c20-10-12(13(21)19-15-17-8-9-23-15)18-14(22)16(6-7-16)11-4-2-1-3-5-11/h1-5,8-9,12,20H,6-7,10H2,(H,18,22)(H,17,19,21). The van der Waals surface area contributed by atoms with E-state index in [2.05, 4.69) is 15.6 Å². The van der Waals surface area contributed by atoms with Crippen LogP contribution in [0.3, 0.4) is 0 Å². The minimum atomic E-state index is -0.993. The number of carbonyl (C=O) groups excluding carboxylic acids is 2. The van der Waals surface area contributed by atoms with Gasteiger partial charge in [-0.25, -0.2) is 4.98 Å². The van der Waals surface area contributed by atoms with Crippen LogP contribution in [-0.4, -0.2) is 34.6 Å². The summed E-state index contributed by atoms with van der Waals surface area (Å²) in [6, 6.07) is 8.51. The van der Waals surface area contributed by atoms with Crippen LogP contribution in [0.4, 0.5) is 5.13 Å². The number of hydrogen-bond acceptors (Lipinski definition) is 5. The average molecular weight is 331 g/mol. The third-order valence-corrected chi connectivity index (χ3v) is 4.67. The number of rotatable bonds is 6. The Balaban J connectivity index is 1.67. The third-order valence-electron chi connectivity index (χ3n) is 3.98. The Morgan fingerprint density at radius 3 is 2.61 bits per heavy atom. The van der Waals surface area contributed by atoms with Crippen molar-refractivity contribution in [1.29, 1.82) is 0 Å². The van der Waals surface area contributed by atoms with Gasteiger partial charge in [-0.1, -0.05) is 30.3 Å². The number of aliphatic hydroxyl groups excluding tert-OH is 1. The molecule has 1 aliphatic rings. The highest BCUT2D eigenvalue weighted by Crippen LogP contribution is 2.48. The molecule has 0 saturated heterocycles. The van der Waals surface area contributed by atoms with Crippen LogP contribution in [0, 0.1) is 0 Å². The Morgan fingerprint density at radius 1 is 1.30 bits per heavy atom. The molecule has 1 fully saturated rings. The number of hydrogen-bond donors (Lipinski definition) is 3. The predicted molar refractivity (Wildman–Crippen MR) is 87.1 cm³/mol. The van der Waals surface area contributed by atoms with E-state index >= 15 is 0 Å². The maximum Gasteiger partial charge on any atom is 0.251 e. The topological polar surface area (TPSA) is 91.3 Å². The van der Waals surface area contributed by atoms with Crippen LogP contribution in [-0.2, 0) is 15.0 Å². The molecule has 7 heteroatoms. The first-order valence-corrected chi connectivity index (χ1v) is 8.21. The maximum absolute atomic E-state index is 12.6. The summed E-state index contributed by atoms with van der Waals surface area (Å²) in [6.07, 6.45) is 3.06. The second kappa shape index (κ2) is 6.47. The van der Waals surface area contributed by atoms with Crippen LogP contribution in [0.1, 0.15) is 18.4 Å². The van der Waals surface area contributed by atoms with Gasteiger partial charge in [0, 0.05) is 11.6 Å². The van der Waals surface area contributed by atoms with Crippen molar-refractivity contribution in [3.63, 3.8) is 0 Å². The van der Waals surface area contributed by atoms with Crippen molar-refractivity contribution in [3.8, 4) is 0 Å². The maximum atomic E-state index is 12.6. The second-order valence-electron chi connectivity index (χ2n) is 5.48. The van der Waals surface area contributed by atoms with Crippen molar-refractivity contribution < 1.29 is 14.7 Å². The molecular formula is C16H17N3O3S. The minimum absolute atomic E-state index is 0.225. The highest BCUT2D eigenvalue weighted by Gasteiger charge is 2.51. The van der Waals surface area contributed by atoms with Gasteiger partial charge in [-0.15, -0.1) is 11.3 Å². The number of aromatic nitrogens is 1. The molecule has 1 unspecified atom stereocenters. The smallest absolute Gasteiger partial charge is 0.251 e. The number of nitrogens with one attached hydrogen (secondary N) is 2. The summed E-state index contributed by atoms with van der Waals surface area (Å²) in [5.74, 6) is -0.697. The molecule has 1 aliphatic carbocycles. The van der Waals surface area contributed by atoms with Gasteiger partial charge < -0.3 is 15.7 Å². The molecule has 0 bridgehead atoms. The van der Waals surface area contributed by atoms with Gasteiger partial charge in [0.2, 0.25) is 5.91 Å². The molecule has 6 nitrogen and oxygen atoms in total. The summed E-state index contributed by atoms with van der Waals surface area (Å²) in [5.41, 5.74) is 0.366. The first-order chi connectivity index (χ1) is 11.2. The molecule has 1 aromatic heterocycles. The van der Waals surface area contributed by atoms with E-state index in [1.165, 1.54) is 11.3 Å². The number of nitrogens with zero attached hydrogens (tertiary/aromatic N) is 1. The lowest BCUT2D eigenvalue weighted by Gasteiger charge is -2.20. The fraction of sp³-hybridized carbons (Fsp3) is 0.312. The van der Waals surface area contributed by atoms with Crippen molar-refractivity contribution in [2.45, 2.75) is 24.3 Å². The predicted octanol–water partition coefficient (Wildman–Crippen LogP) is 1.29. The summed E-state index contributed by atoms with van der Waals surface area (Å²) < 4.78 is 0. The SMILES string of the molecule is O=C(Nc1nccs1)C(CO)NC(=O)C1(c2ccccc2)CC1. The molecule has 0 radical (unpaired) electrons. The lowest BCUT2D eigenvalue weighted by atomic mass is 9.94. The van der Waals surface area contributed by atoms with Crippen molar-refractivity contribution in [2.75, 3.05) is 11.9 Å². The van der Waals surface area contributed by atoms with Crippen LogP contribution in [0.2, 0.25) is 0 Å². The molecule has 1 saturated carbocycles. The lowest BCUT2D eigenvalue weighted by molar-refractivity contribution is -0.129. The molecule has 1 heterocycles. The molecule has 0 aliphatic heterocycles. The first-order valence-electron chi connectivity index (χ1n) is 7.33. The normalized spacial score (nSPS) is 16.4. The largest absolute Gasteiger partial charge is 0.394 e. The van der Waals surface area contributed by atoms with Crippen LogP contribution < -0.4 is 10.6 Å². The summed E-state index contributed by atoms with van der Waals surface area (Å²) in [6.45, 7) is -0.464. The molecule has 2 amide bonds. The number of carbonyl (C=O) groups is 2. The van der Waals surface area contributed by atoms with Crippen molar-refractivity contribution in [3.05, 3.63) is 47.5 Å².